The second-order valence-electron chi connectivity index (χ2n) is 1.44. The summed E-state index contributed by atoms with van der Waals surface area (Å²) >= 11 is 1.75. The molecular weight excluding hydrogens is 182 g/mol. The Bertz CT molecular complexity index is 150. The fourth-order valence-electron chi connectivity index (χ4n) is 0.508. The second-order valence-corrected chi connectivity index (χ2v) is 2.32. The van der Waals surface area contributed by atoms with Crippen LogP contribution in [0.2, 0.25) is 0 Å². The van der Waals surface area contributed by atoms with Crippen LogP contribution in [0.4, 0.5) is 0 Å². The molecule has 0 unspecified atom stereocenters. The zero-order valence-corrected chi connectivity index (χ0v) is 9.21. The molecule has 1 rings (SSSR count). The molecule has 0 amide bonds. The quantitative estimate of drug-likeness (QED) is 0.370. The molecular formula is C7H7SZn-. The molecule has 0 radical (unpaired) electrons. The van der Waals surface area contributed by atoms with E-state index < -0.39 is 0 Å². The van der Waals surface area contributed by atoms with Crippen molar-refractivity contribution in [3.05, 3.63) is 30.3 Å². The Morgan fingerprint density at radius 2 is 1.89 bits per heavy atom. The normalized spacial score (nSPS) is 8.11. The van der Waals surface area contributed by atoms with Gasteiger partial charge < -0.3 is 0 Å². The standard InChI is InChI=1S/C7H7S.Zn/c1-8-7-5-3-2-4-6-7;/h3-6H,1H3;/q-1;. The fraction of sp³-hybridized carbons (Fsp3) is 0.143. The summed E-state index contributed by atoms with van der Waals surface area (Å²) in [5.41, 5.74) is 0. The minimum Gasteiger partial charge on any atom is -0.184 e. The zero-order chi connectivity index (χ0) is 5.82. The van der Waals surface area contributed by atoms with Gasteiger partial charge in [0.15, 0.2) is 0 Å². The molecule has 0 N–H and O–H groups in total. The van der Waals surface area contributed by atoms with Gasteiger partial charge in [-0.2, -0.15) is 42.1 Å². The van der Waals surface area contributed by atoms with Crippen molar-refractivity contribution in [2.45, 2.75) is 4.90 Å². The maximum absolute atomic E-state index is 2.95. The van der Waals surface area contributed by atoms with Crippen molar-refractivity contribution in [3.8, 4) is 0 Å². The van der Waals surface area contributed by atoms with Gasteiger partial charge >= 0.3 is 0 Å². The molecule has 1 aromatic carbocycles. The smallest absolute Gasteiger partial charge is 0 e. The predicted octanol–water partition coefficient (Wildman–Crippen LogP) is 2.21. The van der Waals surface area contributed by atoms with E-state index in [9.17, 15) is 0 Å². The van der Waals surface area contributed by atoms with Crippen molar-refractivity contribution >= 4 is 11.8 Å². The molecule has 0 saturated carbocycles. The minimum atomic E-state index is 0. The Morgan fingerprint density at radius 1 is 1.33 bits per heavy atom. The molecule has 0 aliphatic rings. The van der Waals surface area contributed by atoms with Gasteiger partial charge in [0.25, 0.3) is 0 Å². The van der Waals surface area contributed by atoms with E-state index in [1.807, 2.05) is 24.3 Å². The molecule has 0 heterocycles. The number of hydrogen-bond donors (Lipinski definition) is 0. The molecule has 0 aliphatic carbocycles. The zero-order valence-electron chi connectivity index (χ0n) is 5.42. The first kappa shape index (κ1) is 9.19. The number of hydrogen-bond acceptors (Lipinski definition) is 1. The molecule has 0 fully saturated rings. The van der Waals surface area contributed by atoms with Crippen molar-refractivity contribution in [2.75, 3.05) is 6.26 Å². The van der Waals surface area contributed by atoms with Gasteiger partial charge in [0, 0.05) is 19.5 Å². The summed E-state index contributed by atoms with van der Waals surface area (Å²) < 4.78 is 0. The summed E-state index contributed by atoms with van der Waals surface area (Å²) in [7, 11) is 0. The topological polar surface area (TPSA) is 0 Å². The summed E-state index contributed by atoms with van der Waals surface area (Å²) in [6.07, 6.45) is 2.06. The summed E-state index contributed by atoms with van der Waals surface area (Å²) in [6.45, 7) is 0. The molecule has 0 nitrogen and oxygen atoms in total. The second kappa shape index (κ2) is 5.02. The van der Waals surface area contributed by atoms with Gasteiger partial charge in [-0.25, -0.2) is 0 Å². The van der Waals surface area contributed by atoms with Crippen LogP contribution in [0, 0.1) is 6.07 Å². The van der Waals surface area contributed by atoms with Crippen LogP contribution in [0.15, 0.2) is 29.2 Å². The summed E-state index contributed by atoms with van der Waals surface area (Å²) in [5.74, 6) is 0. The first-order valence-corrected chi connectivity index (χ1v) is 3.66. The van der Waals surface area contributed by atoms with E-state index in [0.29, 0.717) is 0 Å². The Morgan fingerprint density at radius 3 is 2.22 bits per heavy atom. The van der Waals surface area contributed by atoms with Crippen molar-refractivity contribution < 1.29 is 19.5 Å². The van der Waals surface area contributed by atoms with Crippen LogP contribution < -0.4 is 0 Å². The van der Waals surface area contributed by atoms with Gasteiger partial charge in [0.1, 0.15) is 0 Å². The predicted molar refractivity (Wildman–Crippen MR) is 37.1 cm³/mol. The monoisotopic (exact) mass is 187 g/mol. The van der Waals surface area contributed by atoms with Crippen molar-refractivity contribution in [1.82, 2.24) is 0 Å². The molecule has 0 aliphatic heterocycles. The van der Waals surface area contributed by atoms with Crippen molar-refractivity contribution in [2.24, 2.45) is 0 Å². The van der Waals surface area contributed by atoms with Crippen molar-refractivity contribution in [3.63, 3.8) is 0 Å². The van der Waals surface area contributed by atoms with E-state index in [0.717, 1.165) is 0 Å². The van der Waals surface area contributed by atoms with E-state index in [1.54, 1.807) is 11.8 Å². The number of benzene rings is 1. The average Bonchev–Trinajstić information content (AvgIpc) is 1.90. The molecule has 1 aromatic rings. The van der Waals surface area contributed by atoms with E-state index >= 15 is 0 Å². The third kappa shape index (κ3) is 3.02. The van der Waals surface area contributed by atoms with Crippen LogP contribution in [-0.2, 0) is 19.5 Å². The van der Waals surface area contributed by atoms with Gasteiger partial charge in [0.2, 0.25) is 0 Å². The minimum absolute atomic E-state index is 0. The Labute approximate surface area is 72.8 Å². The number of rotatable bonds is 1. The van der Waals surface area contributed by atoms with E-state index in [1.165, 1.54) is 4.90 Å². The molecule has 2 heteroatoms. The molecule has 44 valence electrons. The molecule has 0 aromatic heterocycles. The molecule has 0 bridgehead atoms. The summed E-state index contributed by atoms with van der Waals surface area (Å²) in [4.78, 5) is 1.30. The molecule has 9 heavy (non-hydrogen) atoms. The molecule has 0 atom stereocenters. The van der Waals surface area contributed by atoms with Gasteiger partial charge in [0.05, 0.1) is 0 Å². The van der Waals surface area contributed by atoms with Gasteiger partial charge in [-0.3, -0.25) is 0 Å². The van der Waals surface area contributed by atoms with Crippen LogP contribution in [0.5, 0.6) is 0 Å². The summed E-state index contributed by atoms with van der Waals surface area (Å²) in [5, 5.41) is 0. The maximum Gasteiger partial charge on any atom is 0 e. The fourth-order valence-corrected chi connectivity index (χ4v) is 0.916. The first-order valence-electron chi connectivity index (χ1n) is 2.43. The summed E-state index contributed by atoms with van der Waals surface area (Å²) in [6, 6.07) is 10.9. The van der Waals surface area contributed by atoms with Gasteiger partial charge in [-0.15, -0.1) is 4.90 Å². The first-order chi connectivity index (χ1) is 3.93. The van der Waals surface area contributed by atoms with Crippen molar-refractivity contribution in [1.29, 1.82) is 0 Å². The van der Waals surface area contributed by atoms with Crippen LogP contribution in [0.3, 0.4) is 0 Å². The van der Waals surface area contributed by atoms with Crippen LogP contribution in [0.1, 0.15) is 0 Å². The largest absolute Gasteiger partial charge is 0.184 e. The Kier molecular flexibility index (Phi) is 5.12. The average molecular weight is 189 g/mol. The van der Waals surface area contributed by atoms with Crippen LogP contribution in [-0.4, -0.2) is 6.26 Å². The number of thioether (sulfide) groups is 1. The van der Waals surface area contributed by atoms with Gasteiger partial charge in [-0.05, 0) is 6.26 Å². The van der Waals surface area contributed by atoms with Gasteiger partial charge in [-0.1, -0.05) is 0 Å². The van der Waals surface area contributed by atoms with E-state index in [2.05, 4.69) is 12.3 Å². The third-order valence-corrected chi connectivity index (χ3v) is 1.67. The SMILES string of the molecule is CSc1cc[c-]cc1.[Zn]. The molecule has 0 saturated heterocycles. The maximum atomic E-state index is 2.95. The van der Waals surface area contributed by atoms with E-state index in [4.69, 9.17) is 0 Å². The van der Waals surface area contributed by atoms with Crippen LogP contribution in [0.25, 0.3) is 0 Å². The van der Waals surface area contributed by atoms with Crippen LogP contribution >= 0.6 is 11.8 Å². The van der Waals surface area contributed by atoms with E-state index in [-0.39, 0.29) is 19.5 Å². The Hall–Kier alpha value is 0.193. The molecule has 0 spiro atoms. The third-order valence-electron chi connectivity index (χ3n) is 0.923. The Balaban J connectivity index is 0.000000640.